The van der Waals surface area contributed by atoms with Gasteiger partial charge in [0.2, 0.25) is 0 Å². The summed E-state index contributed by atoms with van der Waals surface area (Å²) in [4.78, 5) is 8.23. The summed E-state index contributed by atoms with van der Waals surface area (Å²) in [5, 5.41) is 2.26. The van der Waals surface area contributed by atoms with Crippen LogP contribution < -0.4 is 0 Å². The van der Waals surface area contributed by atoms with Crippen LogP contribution in [0.5, 0.6) is 0 Å². The molecule has 12 rings (SSSR count). The van der Waals surface area contributed by atoms with E-state index in [4.69, 9.17) is 6.57 Å². The summed E-state index contributed by atoms with van der Waals surface area (Å²) < 4.78 is 178. The third-order valence-corrected chi connectivity index (χ3v) is 15.2. The number of nitrogens with zero attached hydrogens (tertiary/aromatic N) is 4. The van der Waals surface area contributed by atoms with Gasteiger partial charge in [0.25, 0.3) is 0 Å². The van der Waals surface area contributed by atoms with Gasteiger partial charge in [0, 0.05) is 33.9 Å². The predicted octanol–water partition coefficient (Wildman–Crippen LogP) is 21.5. The molecule has 9 aromatic carbocycles. The summed E-state index contributed by atoms with van der Waals surface area (Å²) in [6, 6.07) is 42.0. The Bertz CT molecular complexity index is 4550. The van der Waals surface area contributed by atoms with Crippen molar-refractivity contribution in [2.24, 2.45) is 0 Å². The summed E-state index contributed by atoms with van der Waals surface area (Å²) in [5.74, 6) is 0. The molecule has 0 amide bonds. The van der Waals surface area contributed by atoms with Gasteiger partial charge in [-0.3, -0.25) is 4.98 Å². The molecule has 0 aliphatic rings. The third kappa shape index (κ3) is 9.96. The smallest absolute Gasteiger partial charge is 0.308 e. The van der Waals surface area contributed by atoms with Gasteiger partial charge in [0.1, 0.15) is 0 Å². The SMILES string of the molecule is [C-]#[N+]c1cc(-n2c3cc(-c4cc(C)cc(C)c4)ccc3c3ccc(-c4cc(C(F)(F)F)cc(C(F)(F)F)c4)cc32)c(-n2c3cc(-c4cc(C)cc(C(F)(F)F)c4)ccc3c3ccc(-c4cc(C)cc(C(F)(F)F)c4)cc32)cc1-c1ccncc1. The first-order chi connectivity index (χ1) is 39.7. The second kappa shape index (κ2) is 19.8. The van der Waals surface area contributed by atoms with Crippen molar-refractivity contribution in [1.29, 1.82) is 0 Å². The molecule has 3 heterocycles. The number of aryl methyl sites for hydroxylation is 4. The Hall–Kier alpha value is -9.62. The number of fused-ring (bicyclic) bond motifs is 6. The zero-order valence-electron chi connectivity index (χ0n) is 44.6. The summed E-state index contributed by atoms with van der Waals surface area (Å²) in [6.07, 6.45) is -16.7. The molecule has 4 nitrogen and oxygen atoms in total. The topological polar surface area (TPSA) is 27.1 Å². The van der Waals surface area contributed by atoms with Crippen LogP contribution in [0.2, 0.25) is 0 Å². The lowest BCUT2D eigenvalue weighted by Gasteiger charge is -2.21. The molecule has 0 fully saturated rings. The van der Waals surface area contributed by atoms with E-state index in [0.29, 0.717) is 94.8 Å². The molecule has 3 aromatic heterocycles. The minimum Gasteiger partial charge on any atom is -0.308 e. The van der Waals surface area contributed by atoms with E-state index in [1.165, 1.54) is 24.5 Å². The van der Waals surface area contributed by atoms with Gasteiger partial charge in [-0.05, 0) is 185 Å². The molecule has 84 heavy (non-hydrogen) atoms. The van der Waals surface area contributed by atoms with Crippen LogP contribution >= 0.6 is 0 Å². The number of pyridine rings is 1. The second-order valence-corrected chi connectivity index (χ2v) is 21.1. The predicted molar refractivity (Wildman–Crippen MR) is 305 cm³/mol. The van der Waals surface area contributed by atoms with Crippen LogP contribution in [0.4, 0.5) is 58.4 Å². The van der Waals surface area contributed by atoms with Crippen LogP contribution in [0.15, 0.2) is 182 Å². The normalized spacial score (nSPS) is 12.5. The number of benzene rings is 9. The molecule has 0 N–H and O–H groups in total. The fraction of sp³-hybridized carbons (Fsp3) is 0.118. The van der Waals surface area contributed by atoms with Gasteiger partial charge in [0.05, 0.1) is 62.3 Å². The van der Waals surface area contributed by atoms with E-state index in [9.17, 15) is 52.7 Å². The van der Waals surface area contributed by atoms with E-state index in [2.05, 4.69) is 9.83 Å². The van der Waals surface area contributed by atoms with Gasteiger partial charge in [-0.2, -0.15) is 52.7 Å². The average molecular weight is 1140 g/mol. The summed E-state index contributed by atoms with van der Waals surface area (Å²) in [7, 11) is 0. The lowest BCUT2D eigenvalue weighted by molar-refractivity contribution is -0.143. The lowest BCUT2D eigenvalue weighted by Crippen LogP contribution is -2.11. The standard InChI is InChI=1S/C68H42F12N4/c1-36-18-37(2)20-45(19-36)41-6-10-55-56-13-9-44(48-27-51(67(75,76)77)33-52(28-48)68(78,79)80)32-62(56)84(61(55)29-41)64-35-58(81-5)57(40-14-16-82-17-15-40)34-63(64)83-59-30-42(46-21-38(3)23-49(25-46)65(69,70)71)7-11-53(59)54-12-8-43(31-60(54)83)47-22-39(4)24-50(26-47)66(72,73)74/h6-35H,1-4H3. The van der Waals surface area contributed by atoms with Gasteiger partial charge in [-0.1, -0.05) is 90.0 Å². The molecule has 16 heteroatoms. The van der Waals surface area contributed by atoms with Crippen LogP contribution in [0, 0.1) is 34.3 Å². The van der Waals surface area contributed by atoms with Crippen molar-refractivity contribution < 1.29 is 52.7 Å². The highest BCUT2D eigenvalue weighted by Gasteiger charge is 2.38. The first-order valence-corrected chi connectivity index (χ1v) is 26.1. The molecular formula is C68H42F12N4. The van der Waals surface area contributed by atoms with Gasteiger partial charge >= 0.3 is 24.7 Å². The maximum absolute atomic E-state index is 14.5. The van der Waals surface area contributed by atoms with E-state index < -0.39 is 47.0 Å². The number of hydrogen-bond acceptors (Lipinski definition) is 1. The van der Waals surface area contributed by atoms with Gasteiger partial charge in [-0.25, -0.2) is 4.85 Å². The van der Waals surface area contributed by atoms with Crippen LogP contribution in [-0.4, -0.2) is 14.1 Å². The molecule has 0 radical (unpaired) electrons. The molecule has 418 valence electrons. The van der Waals surface area contributed by atoms with Crippen LogP contribution in [0.1, 0.15) is 44.5 Å². The van der Waals surface area contributed by atoms with Gasteiger partial charge < -0.3 is 9.13 Å². The Balaban J connectivity index is 1.25. The van der Waals surface area contributed by atoms with Crippen molar-refractivity contribution in [2.45, 2.75) is 52.4 Å². The quantitative estimate of drug-likeness (QED) is 0.115. The fourth-order valence-electron chi connectivity index (χ4n) is 11.5. The maximum atomic E-state index is 14.5. The maximum Gasteiger partial charge on any atom is 0.416 e. The summed E-state index contributed by atoms with van der Waals surface area (Å²) >= 11 is 0. The Labute approximate surface area is 471 Å². The Morgan fingerprint density at radius 1 is 0.321 bits per heavy atom. The van der Waals surface area contributed by atoms with Crippen molar-refractivity contribution >= 4 is 49.3 Å². The molecule has 0 aliphatic heterocycles. The molecule has 0 bridgehead atoms. The monoisotopic (exact) mass is 1140 g/mol. The zero-order chi connectivity index (χ0) is 59.5. The zero-order valence-corrected chi connectivity index (χ0v) is 44.6. The molecule has 0 atom stereocenters. The van der Waals surface area contributed by atoms with E-state index >= 15 is 0 Å². The lowest BCUT2D eigenvalue weighted by atomic mass is 9.97. The van der Waals surface area contributed by atoms with Crippen molar-refractivity contribution in [3.05, 3.63) is 238 Å². The van der Waals surface area contributed by atoms with Gasteiger partial charge in [0.15, 0.2) is 5.69 Å². The van der Waals surface area contributed by atoms with Crippen molar-refractivity contribution in [1.82, 2.24) is 14.1 Å². The van der Waals surface area contributed by atoms with Crippen LogP contribution in [0.25, 0.3) is 115 Å². The van der Waals surface area contributed by atoms with E-state index in [1.807, 2.05) is 54.8 Å². The Kier molecular flexibility index (Phi) is 12.9. The van der Waals surface area contributed by atoms with Crippen LogP contribution in [0.3, 0.4) is 0 Å². The number of hydrogen-bond donors (Lipinski definition) is 0. The van der Waals surface area contributed by atoms with Crippen LogP contribution in [-0.2, 0) is 24.7 Å². The first-order valence-electron chi connectivity index (χ1n) is 26.1. The highest BCUT2D eigenvalue weighted by Crippen LogP contribution is 2.47. The molecular weight excluding hydrogens is 1100 g/mol. The number of halogens is 12. The number of rotatable bonds is 7. The number of alkyl halides is 12. The minimum atomic E-state index is -5.16. The highest BCUT2D eigenvalue weighted by atomic mass is 19.4. The summed E-state index contributed by atoms with van der Waals surface area (Å²) in [5.41, 5.74) is 3.26. The van der Waals surface area contributed by atoms with Crippen molar-refractivity contribution in [3.8, 4) is 67.0 Å². The second-order valence-electron chi connectivity index (χ2n) is 21.1. The Morgan fingerprint density at radius 3 is 0.976 bits per heavy atom. The molecule has 12 aromatic rings. The first kappa shape index (κ1) is 54.9. The summed E-state index contributed by atoms with van der Waals surface area (Å²) in [6.45, 7) is 15.7. The van der Waals surface area contributed by atoms with E-state index in [-0.39, 0.29) is 39.7 Å². The van der Waals surface area contributed by atoms with E-state index in [0.717, 1.165) is 46.5 Å². The molecule has 0 aliphatic carbocycles. The molecule has 0 saturated carbocycles. The molecule has 0 spiro atoms. The molecule has 0 unspecified atom stereocenters. The minimum absolute atomic E-state index is 0.0167. The van der Waals surface area contributed by atoms with Gasteiger partial charge in [-0.15, -0.1) is 0 Å². The average Bonchev–Trinajstić information content (AvgIpc) is 1.88. The molecule has 0 saturated heterocycles. The third-order valence-electron chi connectivity index (χ3n) is 15.2. The Morgan fingerprint density at radius 2 is 0.631 bits per heavy atom. The van der Waals surface area contributed by atoms with Crippen molar-refractivity contribution in [3.63, 3.8) is 0 Å². The number of aromatic nitrogens is 3. The van der Waals surface area contributed by atoms with Crippen molar-refractivity contribution in [2.75, 3.05) is 0 Å². The largest absolute Gasteiger partial charge is 0.416 e. The fourth-order valence-corrected chi connectivity index (χ4v) is 11.5. The van der Waals surface area contributed by atoms with E-state index in [1.54, 1.807) is 97.3 Å². The highest BCUT2D eigenvalue weighted by molar-refractivity contribution is 6.14.